The van der Waals surface area contributed by atoms with Crippen molar-refractivity contribution < 1.29 is 19.1 Å². The van der Waals surface area contributed by atoms with Crippen LogP contribution in [0.25, 0.3) is 0 Å². The molecule has 16 heavy (non-hydrogen) atoms. The number of ketones is 1. The van der Waals surface area contributed by atoms with Crippen LogP contribution >= 0.6 is 0 Å². The molecule has 1 saturated heterocycles. The zero-order chi connectivity index (χ0) is 11.8. The van der Waals surface area contributed by atoms with E-state index >= 15 is 0 Å². The van der Waals surface area contributed by atoms with E-state index in [1.54, 1.807) is 0 Å². The standard InChI is InChI=1S/C12H18O4/c1-11(2,8-13)10-7-9(14)3-4-12(10)15-5-6-16-12/h8,10H,3-7H2,1-2H3. The van der Waals surface area contributed by atoms with Crippen LogP contribution in [-0.2, 0) is 19.1 Å². The lowest BCUT2D eigenvalue weighted by Gasteiger charge is -2.44. The minimum Gasteiger partial charge on any atom is -0.347 e. The van der Waals surface area contributed by atoms with Crippen molar-refractivity contribution in [1.82, 2.24) is 0 Å². The maximum absolute atomic E-state index is 11.5. The number of rotatable bonds is 2. The highest BCUT2D eigenvalue weighted by atomic mass is 16.7. The van der Waals surface area contributed by atoms with E-state index in [1.165, 1.54) is 0 Å². The van der Waals surface area contributed by atoms with Gasteiger partial charge in [0.2, 0.25) is 0 Å². The highest BCUT2D eigenvalue weighted by molar-refractivity contribution is 5.80. The maximum atomic E-state index is 11.5. The van der Waals surface area contributed by atoms with E-state index in [1.807, 2.05) is 13.8 Å². The number of ether oxygens (including phenoxy) is 2. The molecule has 1 heterocycles. The zero-order valence-corrected chi connectivity index (χ0v) is 9.82. The first kappa shape index (κ1) is 11.7. The fraction of sp³-hybridized carbons (Fsp3) is 0.833. The number of aldehydes is 1. The van der Waals surface area contributed by atoms with E-state index in [9.17, 15) is 9.59 Å². The van der Waals surface area contributed by atoms with Crippen molar-refractivity contribution in [2.75, 3.05) is 13.2 Å². The van der Waals surface area contributed by atoms with Gasteiger partial charge in [-0.05, 0) is 0 Å². The number of hydrogen-bond acceptors (Lipinski definition) is 4. The quantitative estimate of drug-likeness (QED) is 0.666. The molecule has 0 bridgehead atoms. The van der Waals surface area contributed by atoms with Crippen LogP contribution in [0.2, 0.25) is 0 Å². The molecule has 1 aliphatic heterocycles. The second-order valence-corrected chi connectivity index (χ2v) is 5.24. The lowest BCUT2D eigenvalue weighted by molar-refractivity contribution is -0.229. The Morgan fingerprint density at radius 2 is 2.00 bits per heavy atom. The summed E-state index contributed by atoms with van der Waals surface area (Å²) in [4.78, 5) is 22.7. The van der Waals surface area contributed by atoms with Crippen LogP contribution in [0.3, 0.4) is 0 Å². The number of Topliss-reactive ketones (excluding diaryl/α,β-unsaturated/α-hetero) is 1. The number of carbonyl (C=O) groups is 2. The average Bonchev–Trinajstić information content (AvgIpc) is 2.71. The van der Waals surface area contributed by atoms with Gasteiger partial charge >= 0.3 is 0 Å². The molecule has 0 aromatic carbocycles. The van der Waals surface area contributed by atoms with Gasteiger partial charge in [-0.3, -0.25) is 4.79 Å². The molecule has 1 aliphatic carbocycles. The third-order valence-electron chi connectivity index (χ3n) is 3.69. The molecule has 0 N–H and O–H groups in total. The average molecular weight is 226 g/mol. The fourth-order valence-corrected chi connectivity index (χ4v) is 2.70. The lowest BCUT2D eigenvalue weighted by Crippen LogP contribution is -2.51. The summed E-state index contributed by atoms with van der Waals surface area (Å²) >= 11 is 0. The number of hydrogen-bond donors (Lipinski definition) is 0. The zero-order valence-electron chi connectivity index (χ0n) is 9.82. The topological polar surface area (TPSA) is 52.6 Å². The van der Waals surface area contributed by atoms with E-state index in [0.29, 0.717) is 32.5 Å². The van der Waals surface area contributed by atoms with Crippen molar-refractivity contribution in [3.63, 3.8) is 0 Å². The molecule has 1 atom stereocenters. The van der Waals surface area contributed by atoms with Crippen LogP contribution in [0.1, 0.15) is 33.1 Å². The predicted molar refractivity (Wildman–Crippen MR) is 56.8 cm³/mol. The highest BCUT2D eigenvalue weighted by Gasteiger charge is 2.53. The normalized spacial score (nSPS) is 29.6. The summed E-state index contributed by atoms with van der Waals surface area (Å²) in [6.07, 6.45) is 2.36. The van der Waals surface area contributed by atoms with Crippen molar-refractivity contribution in [1.29, 1.82) is 0 Å². The molecule has 2 rings (SSSR count). The van der Waals surface area contributed by atoms with Gasteiger partial charge < -0.3 is 14.3 Å². The second kappa shape index (κ2) is 3.93. The molecule has 0 amide bonds. The molecule has 1 spiro atoms. The predicted octanol–water partition coefficient (Wildman–Crippen LogP) is 1.32. The minimum absolute atomic E-state index is 0.166. The maximum Gasteiger partial charge on any atom is 0.173 e. The molecule has 0 aromatic rings. The molecule has 2 aliphatic rings. The van der Waals surface area contributed by atoms with Crippen molar-refractivity contribution in [2.45, 2.75) is 38.9 Å². The Morgan fingerprint density at radius 3 is 2.56 bits per heavy atom. The third-order valence-corrected chi connectivity index (χ3v) is 3.69. The summed E-state index contributed by atoms with van der Waals surface area (Å²) in [5.41, 5.74) is -0.583. The smallest absolute Gasteiger partial charge is 0.173 e. The van der Waals surface area contributed by atoms with Gasteiger partial charge in [0.1, 0.15) is 12.1 Å². The van der Waals surface area contributed by atoms with Crippen molar-refractivity contribution >= 4 is 12.1 Å². The summed E-state index contributed by atoms with van der Waals surface area (Å²) in [5.74, 6) is -0.663. The van der Waals surface area contributed by atoms with Gasteiger partial charge in [0, 0.05) is 30.6 Å². The Bertz CT molecular complexity index is 302. The van der Waals surface area contributed by atoms with Gasteiger partial charge in [-0.25, -0.2) is 0 Å². The van der Waals surface area contributed by atoms with E-state index in [4.69, 9.17) is 9.47 Å². The van der Waals surface area contributed by atoms with Gasteiger partial charge in [-0.2, -0.15) is 0 Å². The van der Waals surface area contributed by atoms with Crippen LogP contribution in [0.4, 0.5) is 0 Å². The summed E-state index contributed by atoms with van der Waals surface area (Å²) < 4.78 is 11.4. The molecule has 90 valence electrons. The van der Waals surface area contributed by atoms with Crippen LogP contribution in [0.15, 0.2) is 0 Å². The first-order valence-corrected chi connectivity index (χ1v) is 5.76. The van der Waals surface area contributed by atoms with Gasteiger partial charge in [-0.1, -0.05) is 13.8 Å². The minimum atomic E-state index is -0.696. The molecule has 0 radical (unpaired) electrons. The molecule has 0 aromatic heterocycles. The van der Waals surface area contributed by atoms with Gasteiger partial charge in [0.05, 0.1) is 13.2 Å². The Balaban J connectivity index is 2.28. The molecular weight excluding hydrogens is 208 g/mol. The number of carbonyl (C=O) groups excluding carboxylic acids is 2. The van der Waals surface area contributed by atoms with Crippen LogP contribution in [-0.4, -0.2) is 31.1 Å². The lowest BCUT2D eigenvalue weighted by atomic mass is 9.68. The molecule has 1 unspecified atom stereocenters. The highest BCUT2D eigenvalue weighted by Crippen LogP contribution is 2.47. The Hall–Kier alpha value is -0.740. The summed E-state index contributed by atoms with van der Waals surface area (Å²) in [7, 11) is 0. The van der Waals surface area contributed by atoms with Crippen LogP contribution < -0.4 is 0 Å². The first-order chi connectivity index (χ1) is 7.50. The second-order valence-electron chi connectivity index (χ2n) is 5.24. The summed E-state index contributed by atoms with van der Waals surface area (Å²) in [6.45, 7) is 4.80. The first-order valence-electron chi connectivity index (χ1n) is 5.76. The molecular formula is C12H18O4. The third kappa shape index (κ3) is 1.80. The van der Waals surface area contributed by atoms with Gasteiger partial charge in [-0.15, -0.1) is 0 Å². The fourth-order valence-electron chi connectivity index (χ4n) is 2.70. The van der Waals surface area contributed by atoms with Crippen molar-refractivity contribution in [3.8, 4) is 0 Å². The summed E-state index contributed by atoms with van der Waals surface area (Å²) in [6, 6.07) is 0. The van der Waals surface area contributed by atoms with E-state index in [-0.39, 0.29) is 11.7 Å². The Labute approximate surface area is 95.3 Å². The molecule has 1 saturated carbocycles. The van der Waals surface area contributed by atoms with E-state index in [2.05, 4.69) is 0 Å². The molecule has 4 heteroatoms. The Kier molecular flexibility index (Phi) is 2.88. The Morgan fingerprint density at radius 1 is 1.38 bits per heavy atom. The SMILES string of the molecule is CC(C)(C=O)C1CC(=O)CCC12OCCO2. The summed E-state index contributed by atoms with van der Waals surface area (Å²) in [5, 5.41) is 0. The van der Waals surface area contributed by atoms with Gasteiger partial charge in [0.25, 0.3) is 0 Å². The van der Waals surface area contributed by atoms with Crippen molar-refractivity contribution in [3.05, 3.63) is 0 Å². The van der Waals surface area contributed by atoms with Gasteiger partial charge in [0.15, 0.2) is 5.79 Å². The molecule has 2 fully saturated rings. The van der Waals surface area contributed by atoms with E-state index in [0.717, 1.165) is 6.29 Å². The monoisotopic (exact) mass is 226 g/mol. The largest absolute Gasteiger partial charge is 0.347 e. The van der Waals surface area contributed by atoms with Crippen LogP contribution in [0, 0.1) is 11.3 Å². The van der Waals surface area contributed by atoms with Crippen molar-refractivity contribution in [2.24, 2.45) is 11.3 Å². The van der Waals surface area contributed by atoms with Crippen LogP contribution in [0.5, 0.6) is 0 Å². The van der Waals surface area contributed by atoms with E-state index < -0.39 is 11.2 Å². The molecule has 4 nitrogen and oxygen atoms in total.